The second-order valence-electron chi connectivity index (χ2n) is 8.86. The minimum Gasteiger partial charge on any atom is -0.307 e. The molecule has 1 aromatic carbocycles. The molecule has 118 valence electrons. The van der Waals surface area contributed by atoms with Gasteiger partial charge in [-0.15, -0.1) is 0 Å². The number of nitrogens with one attached hydrogen (secondary N) is 1. The van der Waals surface area contributed by atoms with Gasteiger partial charge in [-0.3, -0.25) is 0 Å². The van der Waals surface area contributed by atoms with Crippen molar-refractivity contribution in [1.82, 2.24) is 5.32 Å². The Labute approximate surface area is 131 Å². The molecule has 1 saturated carbocycles. The highest BCUT2D eigenvalue weighted by molar-refractivity contribution is 5.32. The molecule has 0 heterocycles. The van der Waals surface area contributed by atoms with Gasteiger partial charge in [0.15, 0.2) is 0 Å². The lowest BCUT2D eigenvalue weighted by molar-refractivity contribution is 0.0811. The third kappa shape index (κ3) is 4.32. The number of hydrogen-bond donors (Lipinski definition) is 1. The van der Waals surface area contributed by atoms with Crippen LogP contribution < -0.4 is 5.32 Å². The summed E-state index contributed by atoms with van der Waals surface area (Å²) in [4.78, 5) is 0. The number of aryl methyl sites for hydroxylation is 2. The molecule has 0 spiro atoms. The third-order valence-electron chi connectivity index (χ3n) is 4.94. The van der Waals surface area contributed by atoms with Crippen molar-refractivity contribution in [1.29, 1.82) is 0 Å². The van der Waals surface area contributed by atoms with Crippen LogP contribution in [0, 0.1) is 24.7 Å². The Morgan fingerprint density at radius 2 is 1.62 bits per heavy atom. The number of rotatable bonds is 3. The van der Waals surface area contributed by atoms with E-state index in [0.717, 1.165) is 0 Å². The fraction of sp³-hybridized carbons (Fsp3) is 0.700. The molecule has 1 N–H and O–H groups in total. The molecule has 1 aromatic rings. The normalized spacial score (nSPS) is 23.0. The summed E-state index contributed by atoms with van der Waals surface area (Å²) in [6.07, 6.45) is 3.90. The Morgan fingerprint density at radius 3 is 2.19 bits per heavy atom. The van der Waals surface area contributed by atoms with Gasteiger partial charge in [0.25, 0.3) is 0 Å². The van der Waals surface area contributed by atoms with Crippen molar-refractivity contribution in [3.8, 4) is 0 Å². The second-order valence-corrected chi connectivity index (χ2v) is 8.86. The van der Waals surface area contributed by atoms with Crippen molar-refractivity contribution in [3.63, 3.8) is 0 Å². The predicted molar refractivity (Wildman–Crippen MR) is 92.7 cm³/mol. The first-order valence-electron chi connectivity index (χ1n) is 8.41. The lowest BCUT2D eigenvalue weighted by Crippen LogP contribution is -2.44. The lowest BCUT2D eigenvalue weighted by Gasteiger charge is -2.46. The first-order valence-corrected chi connectivity index (χ1v) is 8.41. The van der Waals surface area contributed by atoms with Gasteiger partial charge in [-0.25, -0.2) is 0 Å². The summed E-state index contributed by atoms with van der Waals surface area (Å²) in [7, 11) is 0. The fourth-order valence-electron chi connectivity index (χ4n) is 4.63. The molecule has 0 radical (unpaired) electrons. The van der Waals surface area contributed by atoms with Crippen molar-refractivity contribution >= 4 is 0 Å². The minimum atomic E-state index is 0.430. The Balaban J connectivity index is 2.12. The average Bonchev–Trinajstić information content (AvgIpc) is 2.27. The summed E-state index contributed by atoms with van der Waals surface area (Å²) in [6, 6.07) is 7.85. The Bertz CT molecular complexity index is 483. The van der Waals surface area contributed by atoms with Crippen molar-refractivity contribution in [3.05, 3.63) is 34.9 Å². The van der Waals surface area contributed by atoms with Crippen LogP contribution in [0.1, 0.15) is 76.6 Å². The van der Waals surface area contributed by atoms with E-state index in [1.807, 2.05) is 0 Å². The standard InChI is InChI=1S/C20H33N/c1-14-8-9-15(2)18(10-14)16(3)21-17-11-19(4,5)13-20(6,7)12-17/h8-10,16-17,21H,11-13H2,1-7H3. The molecule has 1 aliphatic carbocycles. The fourth-order valence-corrected chi connectivity index (χ4v) is 4.63. The van der Waals surface area contributed by atoms with Crippen molar-refractivity contribution in [2.75, 3.05) is 0 Å². The summed E-state index contributed by atoms with van der Waals surface area (Å²) >= 11 is 0. The molecule has 1 aliphatic rings. The summed E-state index contributed by atoms with van der Waals surface area (Å²) in [5.74, 6) is 0. The van der Waals surface area contributed by atoms with Crippen LogP contribution in [0.2, 0.25) is 0 Å². The maximum Gasteiger partial charge on any atom is 0.0297 e. The van der Waals surface area contributed by atoms with E-state index in [4.69, 9.17) is 0 Å². The third-order valence-corrected chi connectivity index (χ3v) is 4.94. The molecule has 1 fully saturated rings. The minimum absolute atomic E-state index is 0.430. The van der Waals surface area contributed by atoms with Gasteiger partial charge in [0, 0.05) is 12.1 Å². The van der Waals surface area contributed by atoms with E-state index >= 15 is 0 Å². The first kappa shape index (κ1) is 16.5. The molecular formula is C20H33N. The highest BCUT2D eigenvalue weighted by atomic mass is 15.0. The molecular weight excluding hydrogens is 254 g/mol. The van der Waals surface area contributed by atoms with Crippen LogP contribution >= 0.6 is 0 Å². The molecule has 1 unspecified atom stereocenters. The van der Waals surface area contributed by atoms with E-state index in [-0.39, 0.29) is 0 Å². The van der Waals surface area contributed by atoms with Gasteiger partial charge < -0.3 is 5.32 Å². The predicted octanol–water partition coefficient (Wildman–Crippen LogP) is 5.56. The van der Waals surface area contributed by atoms with E-state index in [0.29, 0.717) is 22.9 Å². The van der Waals surface area contributed by atoms with Gasteiger partial charge in [0.05, 0.1) is 0 Å². The molecule has 0 amide bonds. The van der Waals surface area contributed by atoms with Gasteiger partial charge in [-0.2, -0.15) is 0 Å². The van der Waals surface area contributed by atoms with Crippen LogP contribution in [0.3, 0.4) is 0 Å². The van der Waals surface area contributed by atoms with Crippen LogP contribution in [0.25, 0.3) is 0 Å². The highest BCUT2D eigenvalue weighted by Crippen LogP contribution is 2.46. The Hall–Kier alpha value is -0.820. The molecule has 0 aliphatic heterocycles. The largest absolute Gasteiger partial charge is 0.307 e. The van der Waals surface area contributed by atoms with Crippen molar-refractivity contribution < 1.29 is 0 Å². The van der Waals surface area contributed by atoms with E-state index in [9.17, 15) is 0 Å². The second kappa shape index (κ2) is 5.76. The zero-order chi connectivity index (χ0) is 15.8. The summed E-state index contributed by atoms with van der Waals surface area (Å²) in [5.41, 5.74) is 5.10. The van der Waals surface area contributed by atoms with Crippen LogP contribution in [0.4, 0.5) is 0 Å². The topological polar surface area (TPSA) is 12.0 Å². The average molecular weight is 287 g/mol. The van der Waals surface area contributed by atoms with Crippen molar-refractivity contribution in [2.45, 2.75) is 79.8 Å². The maximum atomic E-state index is 3.91. The Morgan fingerprint density at radius 1 is 1.05 bits per heavy atom. The quantitative estimate of drug-likeness (QED) is 0.767. The van der Waals surface area contributed by atoms with Crippen LogP contribution in [-0.4, -0.2) is 6.04 Å². The molecule has 2 rings (SSSR count). The van der Waals surface area contributed by atoms with Crippen LogP contribution in [0.5, 0.6) is 0 Å². The first-order chi connectivity index (χ1) is 9.58. The zero-order valence-corrected chi connectivity index (χ0v) is 15.0. The van der Waals surface area contributed by atoms with Gasteiger partial charge in [-0.1, -0.05) is 51.5 Å². The van der Waals surface area contributed by atoms with Crippen molar-refractivity contribution in [2.24, 2.45) is 10.8 Å². The molecule has 1 heteroatoms. The van der Waals surface area contributed by atoms with Crippen LogP contribution in [0.15, 0.2) is 18.2 Å². The molecule has 0 aromatic heterocycles. The molecule has 1 atom stereocenters. The van der Waals surface area contributed by atoms with Gasteiger partial charge in [-0.05, 0) is 62.0 Å². The van der Waals surface area contributed by atoms with E-state index in [1.54, 1.807) is 0 Å². The number of hydrogen-bond acceptors (Lipinski definition) is 1. The molecule has 21 heavy (non-hydrogen) atoms. The smallest absolute Gasteiger partial charge is 0.0297 e. The maximum absolute atomic E-state index is 3.91. The SMILES string of the molecule is Cc1ccc(C)c(C(C)NC2CC(C)(C)CC(C)(C)C2)c1. The van der Waals surface area contributed by atoms with Crippen LogP contribution in [-0.2, 0) is 0 Å². The molecule has 1 nitrogen and oxygen atoms in total. The zero-order valence-electron chi connectivity index (χ0n) is 15.0. The molecule has 0 saturated heterocycles. The summed E-state index contributed by atoms with van der Waals surface area (Å²) in [6.45, 7) is 16.4. The van der Waals surface area contributed by atoms with E-state index in [1.165, 1.54) is 36.0 Å². The monoisotopic (exact) mass is 287 g/mol. The van der Waals surface area contributed by atoms with Gasteiger partial charge in [0.1, 0.15) is 0 Å². The number of benzene rings is 1. The summed E-state index contributed by atoms with van der Waals surface area (Å²) in [5, 5.41) is 3.91. The molecule has 0 bridgehead atoms. The van der Waals surface area contributed by atoms with Gasteiger partial charge in [0.2, 0.25) is 0 Å². The highest BCUT2D eigenvalue weighted by Gasteiger charge is 2.38. The Kier molecular flexibility index (Phi) is 4.54. The lowest BCUT2D eigenvalue weighted by atomic mass is 9.63. The van der Waals surface area contributed by atoms with E-state index < -0.39 is 0 Å². The summed E-state index contributed by atoms with van der Waals surface area (Å²) < 4.78 is 0. The van der Waals surface area contributed by atoms with Gasteiger partial charge >= 0.3 is 0 Å². The van der Waals surface area contributed by atoms with E-state index in [2.05, 4.69) is 72.0 Å².